The van der Waals surface area contributed by atoms with Gasteiger partial charge in [0.05, 0.1) is 6.04 Å². The van der Waals surface area contributed by atoms with Crippen molar-refractivity contribution in [1.82, 2.24) is 5.32 Å². The van der Waals surface area contributed by atoms with E-state index in [9.17, 15) is 4.79 Å². The van der Waals surface area contributed by atoms with Gasteiger partial charge in [-0.3, -0.25) is 10.1 Å². The number of hydrogen-bond donors (Lipinski definition) is 4. The van der Waals surface area contributed by atoms with Crippen molar-refractivity contribution in [2.75, 3.05) is 6.54 Å². The van der Waals surface area contributed by atoms with Crippen LogP contribution >= 0.6 is 22.6 Å². The fraction of sp³-hybridized carbons (Fsp3) is 0.700. The fourth-order valence-corrected chi connectivity index (χ4v) is 1.44. The van der Waals surface area contributed by atoms with Crippen molar-refractivity contribution >= 4 is 28.4 Å². The Kier molecular flexibility index (Phi) is 8.12. The van der Waals surface area contributed by atoms with Gasteiger partial charge in [-0.15, -0.1) is 0 Å². The number of allylic oxidation sites excluding steroid dienone is 1. The Morgan fingerprint density at radius 1 is 1.31 bits per heavy atom. The highest BCUT2D eigenvalue weighted by Crippen LogP contribution is 2.14. The summed E-state index contributed by atoms with van der Waals surface area (Å²) in [6, 6.07) is -0.430. The zero-order valence-corrected chi connectivity index (χ0v) is 12.0. The summed E-state index contributed by atoms with van der Waals surface area (Å²) in [5.41, 5.74) is 17.2. The molecular formula is C10H21IN4O. The Morgan fingerprint density at radius 2 is 1.88 bits per heavy atom. The summed E-state index contributed by atoms with van der Waals surface area (Å²) in [7, 11) is 0. The van der Waals surface area contributed by atoms with E-state index in [2.05, 4.69) is 27.9 Å². The maximum Gasteiger partial charge on any atom is 0.175 e. The average molecular weight is 340 g/mol. The molecule has 1 atom stereocenters. The first-order valence-electron chi connectivity index (χ1n) is 5.23. The number of ketones is 1. The van der Waals surface area contributed by atoms with E-state index in [0.29, 0.717) is 13.0 Å². The highest BCUT2D eigenvalue weighted by molar-refractivity contribution is 14.1. The van der Waals surface area contributed by atoms with Crippen LogP contribution < -0.4 is 22.5 Å². The molecular weight excluding hydrogens is 319 g/mol. The molecule has 0 aliphatic carbocycles. The predicted molar refractivity (Wildman–Crippen MR) is 74.8 cm³/mol. The first kappa shape index (κ1) is 16.0. The molecule has 0 aromatic rings. The van der Waals surface area contributed by atoms with Gasteiger partial charge in [0.15, 0.2) is 5.78 Å². The number of Topliss-reactive ketones (excluding diaryl/α,β-unsaturated/α-hetero) is 1. The Balaban J connectivity index is 3.94. The van der Waals surface area contributed by atoms with E-state index in [1.165, 1.54) is 0 Å². The van der Waals surface area contributed by atoms with E-state index >= 15 is 0 Å². The lowest BCUT2D eigenvalue weighted by molar-refractivity contribution is -0.116. The number of hydrogen-bond acceptors (Lipinski definition) is 5. The van der Waals surface area contributed by atoms with Crippen LogP contribution in [0.15, 0.2) is 9.15 Å². The number of carbonyl (C=O) groups excluding carboxylic acids is 1. The van der Waals surface area contributed by atoms with Crippen LogP contribution in [-0.4, -0.2) is 24.7 Å². The quantitative estimate of drug-likeness (QED) is 0.229. The molecule has 0 rings (SSSR count). The second kappa shape index (κ2) is 8.13. The Labute approximate surface area is 110 Å². The van der Waals surface area contributed by atoms with Gasteiger partial charge in [0, 0.05) is 5.57 Å². The van der Waals surface area contributed by atoms with Crippen LogP contribution in [0.1, 0.15) is 26.7 Å². The SMILES string of the molecule is C/C(I)=C(\C)C(=O)[C@@H](N)CCCNC(N)N. The Hall–Kier alpha value is -0.0200. The number of rotatable bonds is 7. The van der Waals surface area contributed by atoms with Gasteiger partial charge in [-0.25, -0.2) is 0 Å². The van der Waals surface area contributed by atoms with Crippen molar-refractivity contribution in [3.05, 3.63) is 9.15 Å². The number of carbonyl (C=O) groups is 1. The second-order valence-electron chi connectivity index (χ2n) is 3.75. The maximum atomic E-state index is 11.8. The molecule has 0 bridgehead atoms. The summed E-state index contributed by atoms with van der Waals surface area (Å²) in [5, 5.41) is 2.87. The second-order valence-corrected chi connectivity index (χ2v) is 5.37. The highest BCUT2D eigenvalue weighted by atomic mass is 127. The number of nitrogens with one attached hydrogen (secondary N) is 1. The van der Waals surface area contributed by atoms with Crippen LogP contribution in [0.5, 0.6) is 0 Å². The molecule has 0 amide bonds. The Morgan fingerprint density at radius 3 is 2.31 bits per heavy atom. The average Bonchev–Trinajstić information content (AvgIpc) is 2.21. The van der Waals surface area contributed by atoms with Crippen LogP contribution in [0, 0.1) is 0 Å². The van der Waals surface area contributed by atoms with Gasteiger partial charge in [-0.05, 0) is 59.4 Å². The summed E-state index contributed by atoms with van der Waals surface area (Å²) < 4.78 is 0.986. The first-order chi connectivity index (χ1) is 7.36. The van der Waals surface area contributed by atoms with Crippen molar-refractivity contribution in [1.29, 1.82) is 0 Å². The maximum absolute atomic E-state index is 11.8. The number of halogens is 1. The summed E-state index contributed by atoms with van der Waals surface area (Å²) in [5.74, 6) is 0.0175. The third-order valence-electron chi connectivity index (χ3n) is 2.30. The summed E-state index contributed by atoms with van der Waals surface area (Å²) in [6.45, 7) is 4.37. The van der Waals surface area contributed by atoms with E-state index in [0.717, 1.165) is 15.6 Å². The minimum atomic E-state index is -0.509. The van der Waals surface area contributed by atoms with Crippen LogP contribution in [0.4, 0.5) is 0 Å². The third-order valence-corrected chi connectivity index (χ3v) is 3.10. The molecule has 0 aliphatic rings. The van der Waals surface area contributed by atoms with Gasteiger partial charge >= 0.3 is 0 Å². The van der Waals surface area contributed by atoms with Crippen molar-refractivity contribution in [3.8, 4) is 0 Å². The van der Waals surface area contributed by atoms with Crippen LogP contribution in [0.2, 0.25) is 0 Å². The molecule has 0 heterocycles. The van der Waals surface area contributed by atoms with Gasteiger partial charge in [0.1, 0.15) is 6.29 Å². The molecule has 0 unspecified atom stereocenters. The predicted octanol–water partition coefficient (Wildman–Crippen LogP) is 0.183. The van der Waals surface area contributed by atoms with Crippen LogP contribution in [-0.2, 0) is 4.79 Å². The minimum absolute atomic E-state index is 0.0175. The van der Waals surface area contributed by atoms with Crippen molar-refractivity contribution in [2.24, 2.45) is 17.2 Å². The third kappa shape index (κ3) is 6.54. The Bertz CT molecular complexity index is 262. The van der Waals surface area contributed by atoms with Crippen molar-refractivity contribution in [3.63, 3.8) is 0 Å². The minimum Gasteiger partial charge on any atom is -0.321 e. The van der Waals surface area contributed by atoms with E-state index in [1.807, 2.05) is 6.92 Å². The molecule has 0 spiro atoms. The van der Waals surface area contributed by atoms with E-state index < -0.39 is 12.3 Å². The van der Waals surface area contributed by atoms with E-state index in [-0.39, 0.29) is 5.78 Å². The topological polar surface area (TPSA) is 107 Å². The molecule has 94 valence electrons. The molecule has 0 saturated carbocycles. The molecule has 0 radical (unpaired) electrons. The molecule has 0 aromatic carbocycles. The summed E-state index contributed by atoms with van der Waals surface area (Å²) >= 11 is 2.13. The van der Waals surface area contributed by atoms with E-state index in [1.54, 1.807) is 6.92 Å². The zero-order valence-electron chi connectivity index (χ0n) is 9.79. The standard InChI is InChI=1S/C10H21IN4O/c1-6(7(2)11)9(16)8(12)4-3-5-15-10(13)14/h8,10,15H,3-5,12-14H2,1-2H3/b7-6-/t8-/m0/s1. The molecule has 7 N–H and O–H groups in total. The molecule has 0 saturated heterocycles. The first-order valence-corrected chi connectivity index (χ1v) is 6.31. The molecule has 6 heteroatoms. The lowest BCUT2D eigenvalue weighted by Gasteiger charge is -2.12. The molecule has 16 heavy (non-hydrogen) atoms. The lowest BCUT2D eigenvalue weighted by atomic mass is 10.0. The van der Waals surface area contributed by atoms with Gasteiger partial charge in [-0.2, -0.15) is 0 Å². The molecule has 0 aliphatic heterocycles. The van der Waals surface area contributed by atoms with Gasteiger partial charge in [0.25, 0.3) is 0 Å². The summed E-state index contributed by atoms with van der Waals surface area (Å²) in [6.07, 6.45) is 0.913. The molecule has 5 nitrogen and oxygen atoms in total. The zero-order chi connectivity index (χ0) is 12.7. The summed E-state index contributed by atoms with van der Waals surface area (Å²) in [4.78, 5) is 11.8. The smallest absolute Gasteiger partial charge is 0.175 e. The normalized spacial score (nSPS) is 14.9. The number of nitrogens with two attached hydrogens (primary N) is 3. The van der Waals surface area contributed by atoms with Gasteiger partial charge in [-0.1, -0.05) is 0 Å². The lowest BCUT2D eigenvalue weighted by Crippen LogP contribution is -2.45. The monoisotopic (exact) mass is 340 g/mol. The molecule has 0 fully saturated rings. The van der Waals surface area contributed by atoms with Gasteiger partial charge < -0.3 is 17.2 Å². The van der Waals surface area contributed by atoms with Crippen molar-refractivity contribution < 1.29 is 4.79 Å². The highest BCUT2D eigenvalue weighted by Gasteiger charge is 2.15. The van der Waals surface area contributed by atoms with Gasteiger partial charge in [0.2, 0.25) is 0 Å². The van der Waals surface area contributed by atoms with E-state index in [4.69, 9.17) is 17.2 Å². The largest absolute Gasteiger partial charge is 0.321 e. The molecule has 0 aromatic heterocycles. The fourth-order valence-electron chi connectivity index (χ4n) is 1.17. The van der Waals surface area contributed by atoms with Crippen molar-refractivity contribution in [2.45, 2.75) is 39.0 Å². The van der Waals surface area contributed by atoms with Crippen LogP contribution in [0.25, 0.3) is 0 Å². The van der Waals surface area contributed by atoms with Crippen LogP contribution in [0.3, 0.4) is 0 Å².